The number of rotatable bonds is 7. The Morgan fingerprint density at radius 2 is 2.00 bits per heavy atom. The van der Waals surface area contributed by atoms with Gasteiger partial charge in [-0.1, -0.05) is 0 Å². The van der Waals surface area contributed by atoms with Gasteiger partial charge in [-0.2, -0.15) is 13.2 Å². The first kappa shape index (κ1) is 13.6. The third-order valence-corrected chi connectivity index (χ3v) is 2.02. The van der Waals surface area contributed by atoms with E-state index < -0.39 is 11.5 Å². The van der Waals surface area contributed by atoms with Crippen LogP contribution in [0.2, 0.25) is 0 Å². The van der Waals surface area contributed by atoms with Crippen LogP contribution in [0.15, 0.2) is 0 Å². The van der Waals surface area contributed by atoms with Gasteiger partial charge in [-0.3, -0.25) is 4.79 Å². The van der Waals surface area contributed by atoms with E-state index in [-0.39, 0.29) is 30.5 Å². The molecule has 0 aliphatic heterocycles. The monoisotopic (exact) mass is 231 g/mol. The molecule has 84 valence electrons. The molecule has 0 radical (unpaired) electrons. The molecule has 0 bridgehead atoms. The maximum atomic E-state index is 11.6. The molecule has 0 rings (SSSR count). The standard InChI is InChI=1S/C7H12F3NO2S/c8-7(9,10)14-5-4-11-3-1-2-6(12)13/h11H,1-5H2,(H,12,13). The van der Waals surface area contributed by atoms with Crippen molar-refractivity contribution < 1.29 is 23.1 Å². The van der Waals surface area contributed by atoms with Gasteiger partial charge in [0.1, 0.15) is 0 Å². The first-order valence-electron chi connectivity index (χ1n) is 4.05. The predicted molar refractivity (Wildman–Crippen MR) is 48.3 cm³/mol. The summed E-state index contributed by atoms with van der Waals surface area (Å²) >= 11 is -0.0809. The molecule has 0 amide bonds. The third kappa shape index (κ3) is 11.6. The summed E-state index contributed by atoms with van der Waals surface area (Å²) in [6, 6.07) is 0. The minimum Gasteiger partial charge on any atom is -0.481 e. The van der Waals surface area contributed by atoms with Crippen LogP contribution in [-0.2, 0) is 4.79 Å². The lowest BCUT2D eigenvalue weighted by Crippen LogP contribution is -2.20. The lowest BCUT2D eigenvalue weighted by molar-refractivity contribution is -0.137. The number of carboxylic acid groups (broad SMARTS) is 1. The average molecular weight is 231 g/mol. The second-order valence-electron chi connectivity index (χ2n) is 2.54. The van der Waals surface area contributed by atoms with Gasteiger partial charge in [-0.15, -0.1) is 0 Å². The number of nitrogens with one attached hydrogen (secondary N) is 1. The van der Waals surface area contributed by atoms with Crippen LogP contribution in [0.25, 0.3) is 0 Å². The molecule has 0 aromatic carbocycles. The van der Waals surface area contributed by atoms with E-state index in [1.54, 1.807) is 0 Å². The molecule has 2 N–H and O–H groups in total. The Kier molecular flexibility index (Phi) is 6.73. The van der Waals surface area contributed by atoms with E-state index in [0.717, 1.165) is 0 Å². The summed E-state index contributed by atoms with van der Waals surface area (Å²) in [4.78, 5) is 10.0. The third-order valence-electron chi connectivity index (χ3n) is 1.29. The molecule has 0 spiro atoms. The summed E-state index contributed by atoms with van der Waals surface area (Å²) in [6.45, 7) is 0.675. The first-order chi connectivity index (χ1) is 6.42. The van der Waals surface area contributed by atoms with E-state index in [9.17, 15) is 18.0 Å². The van der Waals surface area contributed by atoms with Gasteiger partial charge in [0.25, 0.3) is 0 Å². The topological polar surface area (TPSA) is 49.3 Å². The highest BCUT2D eigenvalue weighted by molar-refractivity contribution is 8.00. The Labute approximate surface area is 84.1 Å². The molecule has 0 aromatic heterocycles. The summed E-state index contributed by atoms with van der Waals surface area (Å²) in [7, 11) is 0. The lowest BCUT2D eigenvalue weighted by Gasteiger charge is -2.05. The number of hydrogen-bond donors (Lipinski definition) is 2. The minimum absolute atomic E-state index is 0.0411. The molecule has 3 nitrogen and oxygen atoms in total. The van der Waals surface area contributed by atoms with Gasteiger partial charge in [0.2, 0.25) is 0 Å². The van der Waals surface area contributed by atoms with Crippen LogP contribution >= 0.6 is 11.8 Å². The Bertz CT molecular complexity index is 175. The summed E-state index contributed by atoms with van der Waals surface area (Å²) < 4.78 is 34.8. The molecular weight excluding hydrogens is 219 g/mol. The Morgan fingerprint density at radius 3 is 2.50 bits per heavy atom. The van der Waals surface area contributed by atoms with E-state index in [4.69, 9.17) is 5.11 Å². The highest BCUT2D eigenvalue weighted by Crippen LogP contribution is 2.29. The molecule has 0 heterocycles. The minimum atomic E-state index is -4.18. The number of hydrogen-bond acceptors (Lipinski definition) is 3. The van der Waals surface area contributed by atoms with Crippen molar-refractivity contribution in [1.82, 2.24) is 5.32 Å². The van der Waals surface area contributed by atoms with Gasteiger partial charge in [-0.05, 0) is 24.7 Å². The van der Waals surface area contributed by atoms with Gasteiger partial charge in [0.05, 0.1) is 0 Å². The molecule has 7 heteroatoms. The maximum absolute atomic E-state index is 11.6. The molecule has 0 saturated heterocycles. The molecule has 14 heavy (non-hydrogen) atoms. The molecule has 0 aliphatic rings. The largest absolute Gasteiger partial charge is 0.481 e. The molecule has 0 saturated carbocycles. The second kappa shape index (κ2) is 6.94. The van der Waals surface area contributed by atoms with Crippen molar-refractivity contribution in [3.8, 4) is 0 Å². The Hall–Kier alpha value is -0.430. The molecule has 0 aliphatic carbocycles. The van der Waals surface area contributed by atoms with Gasteiger partial charge >= 0.3 is 11.5 Å². The fourth-order valence-electron chi connectivity index (χ4n) is 0.729. The van der Waals surface area contributed by atoms with Crippen molar-refractivity contribution in [3.05, 3.63) is 0 Å². The van der Waals surface area contributed by atoms with Crippen molar-refractivity contribution in [2.45, 2.75) is 18.3 Å². The summed E-state index contributed by atoms with van der Waals surface area (Å²) in [5, 5.41) is 11.0. The Balaban J connectivity index is 3.11. The fraction of sp³-hybridized carbons (Fsp3) is 0.857. The van der Waals surface area contributed by atoms with Crippen molar-refractivity contribution in [1.29, 1.82) is 0 Å². The van der Waals surface area contributed by atoms with Crippen LogP contribution in [0, 0.1) is 0 Å². The van der Waals surface area contributed by atoms with Crippen LogP contribution in [-0.4, -0.2) is 35.4 Å². The van der Waals surface area contributed by atoms with Gasteiger partial charge in [0.15, 0.2) is 0 Å². The smallest absolute Gasteiger partial charge is 0.441 e. The lowest BCUT2D eigenvalue weighted by atomic mass is 10.3. The number of aliphatic carboxylic acids is 1. The van der Waals surface area contributed by atoms with Crippen LogP contribution in [0.1, 0.15) is 12.8 Å². The van der Waals surface area contributed by atoms with Crippen LogP contribution < -0.4 is 5.32 Å². The molecule has 0 atom stereocenters. The highest BCUT2D eigenvalue weighted by Gasteiger charge is 2.27. The zero-order valence-corrected chi connectivity index (χ0v) is 8.25. The van der Waals surface area contributed by atoms with E-state index >= 15 is 0 Å². The van der Waals surface area contributed by atoms with Crippen molar-refractivity contribution in [2.24, 2.45) is 0 Å². The number of carbonyl (C=O) groups is 1. The first-order valence-corrected chi connectivity index (χ1v) is 5.03. The quantitative estimate of drug-likeness (QED) is 0.655. The SMILES string of the molecule is O=C(O)CCCNCCSC(F)(F)F. The number of alkyl halides is 3. The Morgan fingerprint density at radius 1 is 1.36 bits per heavy atom. The second-order valence-corrected chi connectivity index (χ2v) is 3.70. The molecule has 0 fully saturated rings. The molecule has 0 unspecified atom stereocenters. The fourth-order valence-corrected chi connectivity index (χ4v) is 1.21. The zero-order valence-electron chi connectivity index (χ0n) is 7.43. The van der Waals surface area contributed by atoms with Crippen LogP contribution in [0.4, 0.5) is 13.2 Å². The normalized spacial score (nSPS) is 11.6. The van der Waals surface area contributed by atoms with Crippen molar-refractivity contribution in [2.75, 3.05) is 18.8 Å². The molecular formula is C7H12F3NO2S. The van der Waals surface area contributed by atoms with Gasteiger partial charge < -0.3 is 10.4 Å². The predicted octanol–water partition coefficient (Wildman–Crippen LogP) is 1.69. The average Bonchev–Trinajstić information content (AvgIpc) is 2.00. The van der Waals surface area contributed by atoms with E-state index in [1.165, 1.54) is 0 Å². The summed E-state index contributed by atoms with van der Waals surface area (Å²) in [6.07, 6.45) is 0.478. The summed E-state index contributed by atoms with van der Waals surface area (Å²) in [5.41, 5.74) is -4.18. The maximum Gasteiger partial charge on any atom is 0.441 e. The number of halogens is 3. The zero-order chi connectivity index (χ0) is 11.0. The van der Waals surface area contributed by atoms with Crippen LogP contribution in [0.3, 0.4) is 0 Å². The highest BCUT2D eigenvalue weighted by atomic mass is 32.2. The van der Waals surface area contributed by atoms with Crippen LogP contribution in [0.5, 0.6) is 0 Å². The van der Waals surface area contributed by atoms with Gasteiger partial charge in [-0.25, -0.2) is 0 Å². The van der Waals surface area contributed by atoms with Gasteiger partial charge in [0, 0.05) is 18.7 Å². The van der Waals surface area contributed by atoms with E-state index in [1.807, 2.05) is 0 Å². The van der Waals surface area contributed by atoms with Crippen molar-refractivity contribution >= 4 is 17.7 Å². The van der Waals surface area contributed by atoms with E-state index in [0.29, 0.717) is 13.0 Å². The molecule has 0 aromatic rings. The van der Waals surface area contributed by atoms with Crippen molar-refractivity contribution in [3.63, 3.8) is 0 Å². The number of carboxylic acids is 1. The van der Waals surface area contributed by atoms with E-state index in [2.05, 4.69) is 5.32 Å². The number of thioether (sulfide) groups is 1. The summed E-state index contributed by atoms with van der Waals surface area (Å²) in [5.74, 6) is -0.937.